The number of thioether (sulfide) groups is 1. The summed E-state index contributed by atoms with van der Waals surface area (Å²) in [6.07, 6.45) is 0. The smallest absolute Gasteiger partial charge is 0.270 e. The van der Waals surface area contributed by atoms with Crippen LogP contribution in [0.3, 0.4) is 0 Å². The van der Waals surface area contributed by atoms with Crippen molar-refractivity contribution in [2.45, 2.75) is 25.5 Å². The molecule has 166 valence electrons. The molecule has 11 heteroatoms. The van der Waals surface area contributed by atoms with Gasteiger partial charge in [-0.1, -0.05) is 35.5 Å². The van der Waals surface area contributed by atoms with Crippen molar-refractivity contribution in [3.05, 3.63) is 75.1 Å². The van der Waals surface area contributed by atoms with E-state index in [-0.39, 0.29) is 29.5 Å². The van der Waals surface area contributed by atoms with Gasteiger partial charge in [-0.3, -0.25) is 19.7 Å². The molecule has 0 aliphatic heterocycles. The van der Waals surface area contributed by atoms with Gasteiger partial charge >= 0.3 is 0 Å². The van der Waals surface area contributed by atoms with Crippen LogP contribution >= 0.6 is 11.8 Å². The maximum absolute atomic E-state index is 12.3. The number of hydrogen-bond donors (Lipinski definition) is 2. The third-order valence-corrected chi connectivity index (χ3v) is 5.66. The van der Waals surface area contributed by atoms with E-state index in [9.17, 15) is 19.7 Å². The van der Waals surface area contributed by atoms with Crippen LogP contribution < -0.4 is 10.6 Å². The zero-order chi connectivity index (χ0) is 23.3. The van der Waals surface area contributed by atoms with Gasteiger partial charge in [-0.05, 0) is 31.5 Å². The third kappa shape index (κ3) is 5.70. The number of aromatic nitrogens is 3. The van der Waals surface area contributed by atoms with Crippen LogP contribution in [-0.2, 0) is 18.4 Å². The molecule has 0 saturated carbocycles. The van der Waals surface area contributed by atoms with Crippen molar-refractivity contribution < 1.29 is 14.5 Å². The molecule has 0 unspecified atom stereocenters. The first-order valence-electron chi connectivity index (χ1n) is 9.65. The summed E-state index contributed by atoms with van der Waals surface area (Å²) < 4.78 is 1.68. The Balaban J connectivity index is 1.54. The summed E-state index contributed by atoms with van der Waals surface area (Å²) in [6.45, 7) is 4.01. The number of nitro groups is 1. The summed E-state index contributed by atoms with van der Waals surface area (Å²) in [7, 11) is 1.74. The lowest BCUT2D eigenvalue weighted by Gasteiger charge is -2.09. The van der Waals surface area contributed by atoms with Crippen molar-refractivity contribution in [1.29, 1.82) is 0 Å². The van der Waals surface area contributed by atoms with Crippen molar-refractivity contribution in [3.63, 3.8) is 0 Å². The van der Waals surface area contributed by atoms with E-state index in [1.54, 1.807) is 11.6 Å². The first-order chi connectivity index (χ1) is 15.2. The van der Waals surface area contributed by atoms with E-state index < -0.39 is 10.8 Å². The lowest BCUT2D eigenvalue weighted by Crippen LogP contribution is -2.24. The lowest BCUT2D eigenvalue weighted by molar-refractivity contribution is -0.384. The molecule has 2 aromatic carbocycles. The van der Waals surface area contributed by atoms with Gasteiger partial charge in [0.2, 0.25) is 5.91 Å². The molecule has 0 radical (unpaired) electrons. The molecule has 0 fully saturated rings. The van der Waals surface area contributed by atoms with E-state index >= 15 is 0 Å². The maximum atomic E-state index is 12.3. The van der Waals surface area contributed by atoms with Gasteiger partial charge in [-0.2, -0.15) is 0 Å². The molecule has 0 saturated heterocycles. The summed E-state index contributed by atoms with van der Waals surface area (Å²) in [4.78, 5) is 34.9. The van der Waals surface area contributed by atoms with Crippen LogP contribution in [0.4, 0.5) is 11.4 Å². The second-order valence-electron chi connectivity index (χ2n) is 7.10. The number of anilines is 1. The number of nitrogens with zero attached hydrogens (tertiary/aromatic N) is 4. The van der Waals surface area contributed by atoms with Gasteiger partial charge in [0, 0.05) is 30.4 Å². The normalized spacial score (nSPS) is 10.6. The first-order valence-corrected chi connectivity index (χ1v) is 10.6. The number of rotatable bonds is 8. The lowest BCUT2D eigenvalue weighted by atomic mass is 10.1. The third-order valence-electron chi connectivity index (χ3n) is 4.64. The van der Waals surface area contributed by atoms with Gasteiger partial charge in [0.25, 0.3) is 11.6 Å². The Morgan fingerprint density at radius 2 is 1.94 bits per heavy atom. The molecule has 0 spiro atoms. The molecule has 1 heterocycles. The van der Waals surface area contributed by atoms with Crippen molar-refractivity contribution in [2.24, 2.45) is 7.05 Å². The van der Waals surface area contributed by atoms with E-state index in [4.69, 9.17) is 0 Å². The fourth-order valence-electron chi connectivity index (χ4n) is 2.92. The van der Waals surface area contributed by atoms with Crippen LogP contribution in [0.1, 0.15) is 27.3 Å². The van der Waals surface area contributed by atoms with Gasteiger partial charge in [0.05, 0.1) is 17.2 Å². The summed E-state index contributed by atoms with van der Waals surface area (Å²) >= 11 is 1.23. The highest BCUT2D eigenvalue weighted by Crippen LogP contribution is 2.19. The molecule has 0 bridgehead atoms. The molecule has 0 aliphatic carbocycles. The van der Waals surface area contributed by atoms with Gasteiger partial charge in [0.15, 0.2) is 11.0 Å². The Labute approximate surface area is 188 Å². The van der Waals surface area contributed by atoms with Crippen molar-refractivity contribution in [3.8, 4) is 0 Å². The SMILES string of the molecule is Cc1ccc(NC(=O)CSc2nnc(CNC(=O)c3cccc([N+](=O)[O-])c3)n2C)c(C)c1. The average Bonchev–Trinajstić information content (AvgIpc) is 3.12. The average molecular weight is 455 g/mol. The maximum Gasteiger partial charge on any atom is 0.270 e. The highest BCUT2D eigenvalue weighted by atomic mass is 32.2. The van der Waals surface area contributed by atoms with Crippen LogP contribution in [0.5, 0.6) is 0 Å². The number of hydrogen-bond acceptors (Lipinski definition) is 7. The van der Waals surface area contributed by atoms with Crippen molar-refractivity contribution in [1.82, 2.24) is 20.1 Å². The predicted octanol–water partition coefficient (Wildman–Crippen LogP) is 3.00. The van der Waals surface area contributed by atoms with Crippen molar-refractivity contribution >= 4 is 35.0 Å². The van der Waals surface area contributed by atoms with E-state index in [2.05, 4.69) is 20.8 Å². The monoisotopic (exact) mass is 454 g/mol. The zero-order valence-electron chi connectivity index (χ0n) is 17.8. The van der Waals surface area contributed by atoms with Gasteiger partial charge in [0.1, 0.15) is 0 Å². The minimum absolute atomic E-state index is 0.0837. The van der Waals surface area contributed by atoms with E-state index in [1.165, 1.54) is 36.0 Å². The topological polar surface area (TPSA) is 132 Å². The summed E-state index contributed by atoms with van der Waals surface area (Å²) in [5, 5.41) is 25.1. The molecular weight excluding hydrogens is 432 g/mol. The summed E-state index contributed by atoms with van der Waals surface area (Å²) in [6, 6.07) is 11.3. The summed E-state index contributed by atoms with van der Waals surface area (Å²) in [5.41, 5.74) is 2.90. The minimum Gasteiger partial charge on any atom is -0.345 e. The molecule has 3 aromatic rings. The van der Waals surface area contributed by atoms with Gasteiger partial charge < -0.3 is 15.2 Å². The minimum atomic E-state index is -0.556. The van der Waals surface area contributed by atoms with Crippen LogP contribution in [0.25, 0.3) is 0 Å². The number of non-ortho nitro benzene ring substituents is 1. The molecule has 0 aliphatic rings. The van der Waals surface area contributed by atoms with Crippen LogP contribution in [0.15, 0.2) is 47.6 Å². The molecule has 0 atom stereocenters. The number of aryl methyl sites for hydroxylation is 2. The second kappa shape index (κ2) is 10.1. The Hall–Kier alpha value is -3.73. The molecule has 10 nitrogen and oxygen atoms in total. The molecular formula is C21H22N6O4S. The molecule has 1 aromatic heterocycles. The van der Waals surface area contributed by atoms with E-state index in [0.29, 0.717) is 11.0 Å². The largest absolute Gasteiger partial charge is 0.345 e. The molecule has 2 N–H and O–H groups in total. The fraction of sp³-hybridized carbons (Fsp3) is 0.238. The van der Waals surface area contributed by atoms with Gasteiger partial charge in [-0.25, -0.2) is 0 Å². The number of amides is 2. The van der Waals surface area contributed by atoms with Crippen molar-refractivity contribution in [2.75, 3.05) is 11.1 Å². The van der Waals surface area contributed by atoms with E-state index in [1.807, 2.05) is 32.0 Å². The Morgan fingerprint density at radius 3 is 2.66 bits per heavy atom. The predicted molar refractivity (Wildman–Crippen MR) is 121 cm³/mol. The second-order valence-corrected chi connectivity index (χ2v) is 8.05. The van der Waals surface area contributed by atoms with Gasteiger partial charge in [-0.15, -0.1) is 10.2 Å². The zero-order valence-corrected chi connectivity index (χ0v) is 18.6. The quantitative estimate of drug-likeness (QED) is 0.304. The van der Waals surface area contributed by atoms with Crippen LogP contribution in [0, 0.1) is 24.0 Å². The number of nitrogens with one attached hydrogen (secondary N) is 2. The number of benzene rings is 2. The molecule has 3 rings (SSSR count). The Bertz CT molecular complexity index is 1180. The van der Waals surface area contributed by atoms with Crippen LogP contribution in [0.2, 0.25) is 0 Å². The first kappa shape index (κ1) is 22.9. The Morgan fingerprint density at radius 1 is 1.16 bits per heavy atom. The van der Waals surface area contributed by atoms with Crippen LogP contribution in [-0.4, -0.2) is 37.3 Å². The molecule has 2 amide bonds. The number of nitro benzene ring substituents is 1. The highest BCUT2D eigenvalue weighted by molar-refractivity contribution is 7.99. The number of carbonyl (C=O) groups is 2. The number of carbonyl (C=O) groups excluding carboxylic acids is 2. The molecule has 32 heavy (non-hydrogen) atoms. The standard InChI is InChI=1S/C21H22N6O4S/c1-13-7-8-17(14(2)9-13)23-19(28)12-32-21-25-24-18(26(21)3)11-22-20(29)15-5-4-6-16(10-15)27(30)31/h4-10H,11-12H2,1-3H3,(H,22,29)(H,23,28). The highest BCUT2D eigenvalue weighted by Gasteiger charge is 2.15. The summed E-state index contributed by atoms with van der Waals surface area (Å²) in [5.74, 6) is 0.0181. The fourth-order valence-corrected chi connectivity index (χ4v) is 3.65. The van der Waals surface area contributed by atoms with E-state index in [0.717, 1.165) is 16.8 Å². The Kier molecular flexibility index (Phi) is 7.21.